The summed E-state index contributed by atoms with van der Waals surface area (Å²) in [5.74, 6) is 1.00. The fraction of sp³-hybridized carbons (Fsp3) is 0.300. The van der Waals surface area contributed by atoms with Crippen LogP contribution in [0, 0.1) is 0 Å². The molecule has 4 heteroatoms. The van der Waals surface area contributed by atoms with Crippen LogP contribution in [0.25, 0.3) is 22.0 Å². The van der Waals surface area contributed by atoms with Gasteiger partial charge in [0.1, 0.15) is 0 Å². The zero-order valence-corrected chi connectivity index (χ0v) is 14.8. The molecule has 24 heavy (non-hydrogen) atoms. The van der Waals surface area contributed by atoms with Gasteiger partial charge >= 0.3 is 0 Å². The Kier molecular flexibility index (Phi) is 5.00. The van der Waals surface area contributed by atoms with Gasteiger partial charge in [-0.3, -0.25) is 4.79 Å². The van der Waals surface area contributed by atoms with Crippen LogP contribution in [0.15, 0.2) is 53.3 Å². The van der Waals surface area contributed by atoms with Crippen molar-refractivity contribution in [1.82, 2.24) is 9.78 Å². The van der Waals surface area contributed by atoms with Gasteiger partial charge in [-0.15, -0.1) is 11.6 Å². The molecule has 0 fully saturated rings. The SMILES string of the molecule is CC(C)c1ccc(-c2nn(CCCCl)c(=O)c3ccccc23)cc1. The van der Waals surface area contributed by atoms with E-state index in [4.69, 9.17) is 11.6 Å². The van der Waals surface area contributed by atoms with Crippen LogP contribution in [-0.4, -0.2) is 15.7 Å². The lowest BCUT2D eigenvalue weighted by atomic mass is 9.99. The van der Waals surface area contributed by atoms with E-state index in [1.54, 1.807) is 0 Å². The van der Waals surface area contributed by atoms with Crippen LogP contribution in [0.1, 0.15) is 31.7 Å². The third kappa shape index (κ3) is 3.22. The Morgan fingerprint density at radius 2 is 1.71 bits per heavy atom. The largest absolute Gasteiger partial charge is 0.274 e. The van der Waals surface area contributed by atoms with Gasteiger partial charge in [0.15, 0.2) is 0 Å². The van der Waals surface area contributed by atoms with Gasteiger partial charge in [-0.25, -0.2) is 4.68 Å². The van der Waals surface area contributed by atoms with Crippen LogP contribution in [0.5, 0.6) is 0 Å². The van der Waals surface area contributed by atoms with Gasteiger partial charge in [-0.05, 0) is 24.0 Å². The highest BCUT2D eigenvalue weighted by Gasteiger charge is 2.12. The van der Waals surface area contributed by atoms with Crippen LogP contribution >= 0.6 is 11.6 Å². The fourth-order valence-electron chi connectivity index (χ4n) is 2.84. The molecule has 3 rings (SSSR count). The van der Waals surface area contributed by atoms with Gasteiger partial charge in [0.2, 0.25) is 0 Å². The minimum absolute atomic E-state index is 0.0572. The third-order valence-electron chi connectivity index (χ3n) is 4.22. The smallest absolute Gasteiger partial charge is 0.267 e. The standard InChI is InChI=1S/C20H21ClN2O/c1-14(2)15-8-10-16(11-9-15)19-17-6-3-4-7-18(17)20(24)23(22-19)13-5-12-21/h3-4,6-11,14H,5,12-13H2,1-2H3. The van der Waals surface area contributed by atoms with E-state index in [0.29, 0.717) is 23.7 Å². The number of rotatable bonds is 5. The first-order valence-electron chi connectivity index (χ1n) is 8.28. The predicted octanol–water partition coefficient (Wildman–Crippen LogP) is 4.82. The third-order valence-corrected chi connectivity index (χ3v) is 4.49. The van der Waals surface area contributed by atoms with Crippen LogP contribution in [0.4, 0.5) is 0 Å². The average molecular weight is 341 g/mol. The van der Waals surface area contributed by atoms with E-state index < -0.39 is 0 Å². The summed E-state index contributed by atoms with van der Waals surface area (Å²) in [6.45, 7) is 4.88. The molecule has 0 aliphatic carbocycles. The van der Waals surface area contributed by atoms with E-state index >= 15 is 0 Å². The fourth-order valence-corrected chi connectivity index (χ4v) is 2.95. The van der Waals surface area contributed by atoms with Gasteiger partial charge in [0.25, 0.3) is 5.56 Å². The second kappa shape index (κ2) is 7.18. The molecular formula is C20H21ClN2O. The molecule has 0 saturated carbocycles. The van der Waals surface area contributed by atoms with E-state index in [9.17, 15) is 4.79 Å². The van der Waals surface area contributed by atoms with Crippen molar-refractivity contribution < 1.29 is 0 Å². The van der Waals surface area contributed by atoms with Crippen molar-refractivity contribution in [2.24, 2.45) is 0 Å². The molecule has 0 spiro atoms. The summed E-state index contributed by atoms with van der Waals surface area (Å²) in [7, 11) is 0. The minimum Gasteiger partial charge on any atom is -0.267 e. The molecule has 0 unspecified atom stereocenters. The summed E-state index contributed by atoms with van der Waals surface area (Å²) in [6, 6.07) is 16.1. The first-order chi connectivity index (χ1) is 11.6. The molecule has 1 heterocycles. The Labute approximate surface area is 146 Å². The first kappa shape index (κ1) is 16.7. The maximum Gasteiger partial charge on any atom is 0.274 e. The van der Waals surface area contributed by atoms with Crippen LogP contribution in [-0.2, 0) is 6.54 Å². The molecule has 3 aromatic rings. The molecule has 0 amide bonds. The zero-order chi connectivity index (χ0) is 17.1. The minimum atomic E-state index is -0.0572. The van der Waals surface area contributed by atoms with Crippen molar-refractivity contribution in [1.29, 1.82) is 0 Å². The molecular weight excluding hydrogens is 320 g/mol. The normalized spacial score (nSPS) is 11.3. The van der Waals surface area contributed by atoms with Gasteiger partial charge in [-0.2, -0.15) is 5.10 Å². The first-order valence-corrected chi connectivity index (χ1v) is 8.81. The molecule has 0 aliphatic heterocycles. The monoisotopic (exact) mass is 340 g/mol. The maximum absolute atomic E-state index is 12.6. The van der Waals surface area contributed by atoms with Crippen LogP contribution in [0.2, 0.25) is 0 Å². The molecule has 0 N–H and O–H groups in total. The van der Waals surface area contributed by atoms with Gasteiger partial charge in [0, 0.05) is 23.4 Å². The maximum atomic E-state index is 12.6. The quantitative estimate of drug-likeness (QED) is 0.624. The van der Waals surface area contributed by atoms with E-state index in [-0.39, 0.29) is 5.56 Å². The molecule has 0 bridgehead atoms. The number of aromatic nitrogens is 2. The molecule has 0 saturated heterocycles. The summed E-state index contributed by atoms with van der Waals surface area (Å²) in [5, 5.41) is 6.22. The highest BCUT2D eigenvalue weighted by atomic mass is 35.5. The summed E-state index contributed by atoms with van der Waals surface area (Å²) in [6.07, 6.45) is 0.721. The lowest BCUT2D eigenvalue weighted by molar-refractivity contribution is 0.578. The Morgan fingerprint density at radius 1 is 1.04 bits per heavy atom. The molecule has 0 radical (unpaired) electrons. The molecule has 2 aromatic carbocycles. The Bertz CT molecular complexity index is 898. The second-order valence-electron chi connectivity index (χ2n) is 6.24. The molecule has 0 aliphatic rings. The second-order valence-corrected chi connectivity index (χ2v) is 6.62. The summed E-state index contributed by atoms with van der Waals surface area (Å²) in [5.41, 5.74) is 3.10. The summed E-state index contributed by atoms with van der Waals surface area (Å²) in [4.78, 5) is 12.6. The van der Waals surface area contributed by atoms with Gasteiger partial charge in [-0.1, -0.05) is 56.3 Å². The van der Waals surface area contributed by atoms with Crippen molar-refractivity contribution >= 4 is 22.4 Å². The van der Waals surface area contributed by atoms with E-state index in [1.165, 1.54) is 10.2 Å². The lowest BCUT2D eigenvalue weighted by Crippen LogP contribution is -2.24. The number of alkyl halides is 1. The van der Waals surface area contributed by atoms with Crippen molar-refractivity contribution in [3.63, 3.8) is 0 Å². The van der Waals surface area contributed by atoms with E-state index in [2.05, 4.69) is 43.2 Å². The zero-order valence-electron chi connectivity index (χ0n) is 14.0. The number of aryl methyl sites for hydroxylation is 1. The lowest BCUT2D eigenvalue weighted by Gasteiger charge is -2.12. The van der Waals surface area contributed by atoms with Crippen molar-refractivity contribution in [3.05, 3.63) is 64.4 Å². The Morgan fingerprint density at radius 3 is 2.33 bits per heavy atom. The van der Waals surface area contributed by atoms with Crippen LogP contribution < -0.4 is 5.56 Å². The molecule has 0 atom stereocenters. The number of fused-ring (bicyclic) bond motifs is 1. The van der Waals surface area contributed by atoms with Crippen molar-refractivity contribution in [2.45, 2.75) is 32.7 Å². The molecule has 3 nitrogen and oxygen atoms in total. The molecule has 124 valence electrons. The number of hydrogen-bond donors (Lipinski definition) is 0. The highest BCUT2D eigenvalue weighted by molar-refractivity contribution is 6.17. The summed E-state index contributed by atoms with van der Waals surface area (Å²) >= 11 is 5.78. The van der Waals surface area contributed by atoms with E-state index in [1.807, 2.05) is 24.3 Å². The Hall–Kier alpha value is -2.13. The topological polar surface area (TPSA) is 34.9 Å². The summed E-state index contributed by atoms with van der Waals surface area (Å²) < 4.78 is 1.54. The van der Waals surface area contributed by atoms with E-state index in [0.717, 1.165) is 23.1 Å². The van der Waals surface area contributed by atoms with Gasteiger partial charge in [0.05, 0.1) is 11.1 Å². The molecule has 1 aromatic heterocycles. The Balaban J connectivity index is 2.18. The van der Waals surface area contributed by atoms with Gasteiger partial charge < -0.3 is 0 Å². The van der Waals surface area contributed by atoms with Crippen molar-refractivity contribution in [3.8, 4) is 11.3 Å². The van der Waals surface area contributed by atoms with Crippen molar-refractivity contribution in [2.75, 3.05) is 5.88 Å². The number of nitrogens with zero attached hydrogens (tertiary/aromatic N) is 2. The number of halogens is 1. The highest BCUT2D eigenvalue weighted by Crippen LogP contribution is 2.26. The average Bonchev–Trinajstić information content (AvgIpc) is 2.61. The van der Waals surface area contributed by atoms with Crippen LogP contribution in [0.3, 0.4) is 0 Å². The number of benzene rings is 2. The number of hydrogen-bond acceptors (Lipinski definition) is 2. The predicted molar refractivity (Wildman–Crippen MR) is 101 cm³/mol.